The summed E-state index contributed by atoms with van der Waals surface area (Å²) < 4.78 is 0. The molecule has 4 aromatic rings. The van der Waals surface area contributed by atoms with Gasteiger partial charge in [-0.1, -0.05) is 30.3 Å². The molecule has 7 heteroatoms. The average molecular weight is 413 g/mol. The molecule has 1 saturated heterocycles. The highest BCUT2D eigenvalue weighted by molar-refractivity contribution is 6.07. The van der Waals surface area contributed by atoms with E-state index < -0.39 is 0 Å². The fraction of sp³-hybridized carbons (Fsp3) is 0.208. The van der Waals surface area contributed by atoms with Crippen LogP contribution in [0.2, 0.25) is 0 Å². The number of phenolic OH excluding ortho intramolecular Hbond substituents is 1. The number of nitrogens with zero attached hydrogens (tertiary/aromatic N) is 3. The molecule has 0 spiro atoms. The third-order valence-corrected chi connectivity index (χ3v) is 5.76. The van der Waals surface area contributed by atoms with Crippen molar-refractivity contribution in [2.24, 2.45) is 0 Å². The number of benzene rings is 2. The second-order valence-corrected chi connectivity index (χ2v) is 7.82. The Morgan fingerprint density at radius 3 is 2.68 bits per heavy atom. The first-order valence-electron chi connectivity index (χ1n) is 10.3. The van der Waals surface area contributed by atoms with Crippen molar-refractivity contribution in [3.05, 3.63) is 77.5 Å². The highest BCUT2D eigenvalue weighted by Crippen LogP contribution is 2.28. The number of fused-ring (bicyclic) bond motifs is 1. The van der Waals surface area contributed by atoms with Crippen molar-refractivity contribution in [2.45, 2.75) is 13.0 Å². The molecule has 0 radical (unpaired) electrons. The van der Waals surface area contributed by atoms with Crippen LogP contribution in [0.15, 0.2) is 60.7 Å². The Labute approximate surface area is 179 Å². The number of H-pyrrole nitrogens is 1. The van der Waals surface area contributed by atoms with Crippen LogP contribution in [0.1, 0.15) is 27.7 Å². The largest absolute Gasteiger partial charge is 0.508 e. The van der Waals surface area contributed by atoms with Gasteiger partial charge in [-0.25, -0.2) is 4.98 Å². The molecular formula is C24H23N5O2. The summed E-state index contributed by atoms with van der Waals surface area (Å²) in [6.45, 7) is 3.86. The predicted molar refractivity (Wildman–Crippen MR) is 119 cm³/mol. The molecule has 7 nitrogen and oxygen atoms in total. The van der Waals surface area contributed by atoms with Gasteiger partial charge in [0, 0.05) is 36.9 Å². The van der Waals surface area contributed by atoms with Crippen LogP contribution in [0.5, 0.6) is 5.75 Å². The third kappa shape index (κ3) is 3.64. The number of nitrogens with one attached hydrogen (secondary N) is 2. The fourth-order valence-electron chi connectivity index (χ4n) is 4.14. The number of hydrogen-bond acceptors (Lipinski definition) is 5. The number of amides is 1. The molecule has 31 heavy (non-hydrogen) atoms. The monoisotopic (exact) mass is 413 g/mol. The molecule has 1 atom stereocenters. The number of carbonyl (C=O) groups excluding carboxylic acids is 1. The van der Waals surface area contributed by atoms with Crippen molar-refractivity contribution < 1.29 is 9.90 Å². The maximum Gasteiger partial charge on any atom is 0.254 e. The Kier molecular flexibility index (Phi) is 4.88. The van der Waals surface area contributed by atoms with E-state index in [9.17, 15) is 9.90 Å². The quantitative estimate of drug-likeness (QED) is 0.478. The van der Waals surface area contributed by atoms with E-state index in [1.165, 1.54) is 5.56 Å². The number of carbonyl (C=O) groups is 1. The number of pyridine rings is 1. The average Bonchev–Trinajstić information content (AvgIpc) is 3.20. The molecule has 1 aliphatic rings. The van der Waals surface area contributed by atoms with Crippen molar-refractivity contribution >= 4 is 16.9 Å². The van der Waals surface area contributed by atoms with Crippen LogP contribution in [0.4, 0.5) is 0 Å². The SMILES string of the molecule is Cc1[nH]nc2nc(-c3ccc(O)cc3)cc(C(=O)N3CCNC(c4ccccc4)C3)c12. The van der Waals surface area contributed by atoms with E-state index >= 15 is 0 Å². The van der Waals surface area contributed by atoms with Crippen molar-refractivity contribution in [2.75, 3.05) is 19.6 Å². The summed E-state index contributed by atoms with van der Waals surface area (Å²) >= 11 is 0. The first-order valence-corrected chi connectivity index (χ1v) is 10.3. The van der Waals surface area contributed by atoms with E-state index in [2.05, 4.69) is 32.6 Å². The van der Waals surface area contributed by atoms with Crippen LogP contribution in [-0.4, -0.2) is 50.7 Å². The molecule has 2 aromatic carbocycles. The lowest BCUT2D eigenvalue weighted by Gasteiger charge is -2.34. The van der Waals surface area contributed by atoms with Crippen LogP contribution in [0.25, 0.3) is 22.3 Å². The van der Waals surface area contributed by atoms with E-state index in [1.807, 2.05) is 36.1 Å². The molecule has 1 unspecified atom stereocenters. The van der Waals surface area contributed by atoms with Crippen molar-refractivity contribution in [3.63, 3.8) is 0 Å². The minimum absolute atomic E-state index is 0.0284. The maximum absolute atomic E-state index is 13.7. The fourth-order valence-corrected chi connectivity index (χ4v) is 4.14. The second-order valence-electron chi connectivity index (χ2n) is 7.82. The van der Waals surface area contributed by atoms with Crippen molar-refractivity contribution in [1.29, 1.82) is 0 Å². The molecule has 0 saturated carbocycles. The van der Waals surface area contributed by atoms with Crippen LogP contribution in [0, 0.1) is 6.92 Å². The standard InChI is InChI=1S/C24H23N5O2/c1-15-22-19(13-20(26-23(22)28-27-15)17-7-9-18(30)10-8-17)24(31)29-12-11-25-21(14-29)16-5-3-2-4-6-16/h2-10,13,21,25,30H,11-12,14H2,1H3,(H,26,27,28). The Morgan fingerprint density at radius 2 is 1.90 bits per heavy atom. The van der Waals surface area contributed by atoms with Gasteiger partial charge in [0.05, 0.1) is 16.6 Å². The zero-order valence-corrected chi connectivity index (χ0v) is 17.2. The van der Waals surface area contributed by atoms with Crippen molar-refractivity contribution in [1.82, 2.24) is 25.4 Å². The van der Waals surface area contributed by atoms with Crippen LogP contribution in [-0.2, 0) is 0 Å². The lowest BCUT2D eigenvalue weighted by molar-refractivity contribution is 0.0705. The first kappa shape index (κ1) is 19.3. The van der Waals surface area contributed by atoms with Gasteiger partial charge in [0.2, 0.25) is 0 Å². The molecule has 1 fully saturated rings. The summed E-state index contributed by atoms with van der Waals surface area (Å²) in [6.07, 6.45) is 0. The van der Waals surface area contributed by atoms with E-state index in [4.69, 9.17) is 0 Å². The molecule has 3 heterocycles. The Balaban J connectivity index is 1.53. The first-order chi connectivity index (χ1) is 15.1. The summed E-state index contributed by atoms with van der Waals surface area (Å²) in [4.78, 5) is 20.2. The van der Waals surface area contributed by atoms with Gasteiger partial charge < -0.3 is 15.3 Å². The van der Waals surface area contributed by atoms with Gasteiger partial charge in [0.15, 0.2) is 5.65 Å². The molecule has 1 aliphatic heterocycles. The smallest absolute Gasteiger partial charge is 0.254 e. The van der Waals surface area contributed by atoms with E-state index in [0.29, 0.717) is 30.0 Å². The maximum atomic E-state index is 13.7. The van der Waals surface area contributed by atoms with Gasteiger partial charge in [-0.2, -0.15) is 5.10 Å². The predicted octanol–water partition coefficient (Wildman–Crippen LogP) is 3.43. The van der Waals surface area contributed by atoms with Crippen molar-refractivity contribution in [3.8, 4) is 17.0 Å². The minimum atomic E-state index is -0.0284. The normalized spacial score (nSPS) is 16.5. The van der Waals surface area contributed by atoms with Gasteiger partial charge in [0.1, 0.15) is 5.75 Å². The number of aryl methyl sites for hydroxylation is 1. The van der Waals surface area contributed by atoms with Gasteiger partial charge in [-0.15, -0.1) is 0 Å². The molecule has 5 rings (SSSR count). The number of hydrogen-bond donors (Lipinski definition) is 3. The van der Waals surface area contributed by atoms with Gasteiger partial charge in [-0.05, 0) is 42.8 Å². The van der Waals surface area contributed by atoms with Crippen LogP contribution >= 0.6 is 0 Å². The number of phenols is 1. The summed E-state index contributed by atoms with van der Waals surface area (Å²) in [7, 11) is 0. The third-order valence-electron chi connectivity index (χ3n) is 5.76. The van der Waals surface area contributed by atoms with E-state index in [0.717, 1.165) is 23.2 Å². The molecule has 2 aromatic heterocycles. The second kappa shape index (κ2) is 7.85. The summed E-state index contributed by atoms with van der Waals surface area (Å²) in [5.41, 5.74) is 4.56. The van der Waals surface area contributed by atoms with E-state index in [1.54, 1.807) is 24.3 Å². The van der Waals surface area contributed by atoms with E-state index in [-0.39, 0.29) is 17.7 Å². The van der Waals surface area contributed by atoms with Gasteiger partial charge in [0.25, 0.3) is 5.91 Å². The summed E-state index contributed by atoms with van der Waals surface area (Å²) in [5, 5.41) is 21.1. The lowest BCUT2D eigenvalue weighted by Crippen LogP contribution is -2.48. The molecule has 3 N–H and O–H groups in total. The molecule has 0 bridgehead atoms. The molecular weight excluding hydrogens is 390 g/mol. The van der Waals surface area contributed by atoms with Gasteiger partial charge >= 0.3 is 0 Å². The molecule has 0 aliphatic carbocycles. The number of aromatic nitrogens is 3. The zero-order chi connectivity index (χ0) is 21.4. The highest BCUT2D eigenvalue weighted by atomic mass is 16.3. The Bertz CT molecular complexity index is 1230. The molecule has 156 valence electrons. The zero-order valence-electron chi connectivity index (χ0n) is 17.2. The minimum Gasteiger partial charge on any atom is -0.508 e. The number of aromatic amines is 1. The highest BCUT2D eigenvalue weighted by Gasteiger charge is 2.27. The Hall–Kier alpha value is -3.71. The van der Waals surface area contributed by atoms with Crippen LogP contribution in [0.3, 0.4) is 0 Å². The van der Waals surface area contributed by atoms with Gasteiger partial charge in [-0.3, -0.25) is 9.89 Å². The number of piperazine rings is 1. The number of rotatable bonds is 3. The summed E-state index contributed by atoms with van der Waals surface area (Å²) in [5.74, 6) is 0.156. The van der Waals surface area contributed by atoms with Crippen LogP contribution < -0.4 is 5.32 Å². The Morgan fingerprint density at radius 1 is 1.13 bits per heavy atom. The molecule has 1 amide bonds. The number of aromatic hydroxyl groups is 1. The topological polar surface area (TPSA) is 94.1 Å². The summed E-state index contributed by atoms with van der Waals surface area (Å²) in [6, 6.07) is 18.9. The lowest BCUT2D eigenvalue weighted by atomic mass is 10.0.